The molecular weight excluding hydrogens is 243 g/mol. The first-order chi connectivity index (χ1) is 9.02. The Labute approximate surface area is 112 Å². The van der Waals surface area contributed by atoms with Crippen LogP contribution in [0.25, 0.3) is 0 Å². The molecular formula is C14H17FN4. The maximum absolute atomic E-state index is 13.0. The van der Waals surface area contributed by atoms with Gasteiger partial charge in [-0.2, -0.15) is 0 Å². The lowest BCUT2D eigenvalue weighted by Crippen LogP contribution is -2.20. The first-order valence-electron chi connectivity index (χ1n) is 6.16. The van der Waals surface area contributed by atoms with Crippen molar-refractivity contribution >= 4 is 17.3 Å². The summed E-state index contributed by atoms with van der Waals surface area (Å²) in [4.78, 5) is 10.6. The van der Waals surface area contributed by atoms with E-state index in [0.717, 1.165) is 17.1 Å². The highest BCUT2D eigenvalue weighted by molar-refractivity contribution is 5.66. The number of anilines is 3. The number of nitrogens with zero attached hydrogens (tertiary/aromatic N) is 3. The number of nitrogen functional groups attached to an aromatic ring is 1. The van der Waals surface area contributed by atoms with Crippen molar-refractivity contribution in [2.24, 2.45) is 0 Å². The van der Waals surface area contributed by atoms with Crippen molar-refractivity contribution in [2.45, 2.75) is 20.8 Å². The molecule has 0 saturated carbocycles. The van der Waals surface area contributed by atoms with Gasteiger partial charge in [0.05, 0.1) is 0 Å². The molecule has 0 aliphatic rings. The molecule has 2 aromatic rings. The van der Waals surface area contributed by atoms with Gasteiger partial charge in [-0.15, -0.1) is 0 Å². The van der Waals surface area contributed by atoms with Crippen molar-refractivity contribution < 1.29 is 4.39 Å². The van der Waals surface area contributed by atoms with Gasteiger partial charge >= 0.3 is 0 Å². The van der Waals surface area contributed by atoms with Crippen molar-refractivity contribution in [2.75, 3.05) is 17.2 Å². The molecule has 0 atom stereocenters. The van der Waals surface area contributed by atoms with Gasteiger partial charge in [-0.05, 0) is 45.0 Å². The normalized spacial score (nSPS) is 10.5. The molecule has 2 N–H and O–H groups in total. The van der Waals surface area contributed by atoms with Gasteiger partial charge in [-0.25, -0.2) is 14.4 Å². The Balaban J connectivity index is 2.50. The molecule has 100 valence electrons. The standard InChI is InChI=1S/C14H17FN4/c1-4-19(12-7-5-11(15)6-8-12)14-9(2)13(16)17-10(3)18-14/h5-8H,4H2,1-3H3,(H2,16,17,18). The Kier molecular flexibility index (Phi) is 3.64. The van der Waals surface area contributed by atoms with Gasteiger partial charge in [0.1, 0.15) is 23.3 Å². The number of benzene rings is 1. The minimum atomic E-state index is -0.255. The van der Waals surface area contributed by atoms with Crippen LogP contribution < -0.4 is 10.6 Å². The lowest BCUT2D eigenvalue weighted by atomic mass is 10.2. The van der Waals surface area contributed by atoms with Crippen molar-refractivity contribution in [1.82, 2.24) is 9.97 Å². The van der Waals surface area contributed by atoms with Crippen LogP contribution in [0.5, 0.6) is 0 Å². The van der Waals surface area contributed by atoms with E-state index in [1.807, 2.05) is 18.7 Å². The van der Waals surface area contributed by atoms with E-state index in [4.69, 9.17) is 5.73 Å². The predicted molar refractivity (Wildman–Crippen MR) is 75.0 cm³/mol. The third-order valence-electron chi connectivity index (χ3n) is 2.98. The van der Waals surface area contributed by atoms with Gasteiger partial charge in [-0.1, -0.05) is 0 Å². The summed E-state index contributed by atoms with van der Waals surface area (Å²) in [5.74, 6) is 1.61. The number of aryl methyl sites for hydroxylation is 1. The van der Waals surface area contributed by atoms with Crippen LogP contribution in [0.3, 0.4) is 0 Å². The number of rotatable bonds is 3. The van der Waals surface area contributed by atoms with Crippen LogP contribution in [0, 0.1) is 19.7 Å². The minimum absolute atomic E-state index is 0.255. The van der Waals surface area contributed by atoms with Crippen LogP contribution >= 0.6 is 0 Å². The van der Waals surface area contributed by atoms with Crippen LogP contribution in [-0.4, -0.2) is 16.5 Å². The fourth-order valence-electron chi connectivity index (χ4n) is 1.97. The third-order valence-corrected chi connectivity index (χ3v) is 2.98. The zero-order chi connectivity index (χ0) is 14.0. The number of halogens is 1. The summed E-state index contributed by atoms with van der Waals surface area (Å²) < 4.78 is 13.0. The summed E-state index contributed by atoms with van der Waals surface area (Å²) in [5.41, 5.74) is 7.59. The van der Waals surface area contributed by atoms with Gasteiger partial charge in [-0.3, -0.25) is 0 Å². The molecule has 2 rings (SSSR count). The van der Waals surface area contributed by atoms with E-state index < -0.39 is 0 Å². The van der Waals surface area contributed by atoms with Gasteiger partial charge < -0.3 is 10.6 Å². The molecule has 0 aliphatic heterocycles. The number of nitrogens with two attached hydrogens (primary N) is 1. The Morgan fingerprint density at radius 1 is 1.16 bits per heavy atom. The highest BCUT2D eigenvalue weighted by atomic mass is 19.1. The molecule has 0 fully saturated rings. The number of hydrogen-bond donors (Lipinski definition) is 1. The largest absolute Gasteiger partial charge is 0.383 e. The summed E-state index contributed by atoms with van der Waals surface area (Å²) in [6.07, 6.45) is 0. The first kappa shape index (κ1) is 13.3. The molecule has 1 aromatic carbocycles. The van der Waals surface area contributed by atoms with E-state index in [1.54, 1.807) is 19.1 Å². The SMILES string of the molecule is CCN(c1ccc(F)cc1)c1nc(C)nc(N)c1C. The van der Waals surface area contributed by atoms with Crippen molar-refractivity contribution in [3.8, 4) is 0 Å². The van der Waals surface area contributed by atoms with E-state index in [-0.39, 0.29) is 5.82 Å². The highest BCUT2D eigenvalue weighted by Crippen LogP contribution is 2.28. The molecule has 0 unspecified atom stereocenters. The van der Waals surface area contributed by atoms with Crippen LogP contribution in [-0.2, 0) is 0 Å². The monoisotopic (exact) mass is 260 g/mol. The van der Waals surface area contributed by atoms with E-state index in [2.05, 4.69) is 9.97 Å². The summed E-state index contributed by atoms with van der Waals surface area (Å²) in [7, 11) is 0. The Hall–Kier alpha value is -2.17. The fraction of sp³-hybridized carbons (Fsp3) is 0.286. The first-order valence-corrected chi connectivity index (χ1v) is 6.16. The maximum atomic E-state index is 13.0. The Morgan fingerprint density at radius 2 is 1.79 bits per heavy atom. The van der Waals surface area contributed by atoms with Crippen LogP contribution in [0.2, 0.25) is 0 Å². The van der Waals surface area contributed by atoms with Crippen LogP contribution in [0.15, 0.2) is 24.3 Å². The second kappa shape index (κ2) is 5.22. The van der Waals surface area contributed by atoms with Crippen molar-refractivity contribution in [3.63, 3.8) is 0 Å². The predicted octanol–water partition coefficient (Wildman–Crippen LogP) is 2.97. The lowest BCUT2D eigenvalue weighted by molar-refractivity contribution is 0.627. The fourth-order valence-corrected chi connectivity index (χ4v) is 1.97. The molecule has 1 aromatic heterocycles. The summed E-state index contributed by atoms with van der Waals surface area (Å²) in [6.45, 7) is 6.41. The zero-order valence-corrected chi connectivity index (χ0v) is 11.3. The second-order valence-corrected chi connectivity index (χ2v) is 4.33. The van der Waals surface area contributed by atoms with Gasteiger partial charge in [0.2, 0.25) is 0 Å². The molecule has 5 heteroatoms. The molecule has 0 saturated heterocycles. The van der Waals surface area contributed by atoms with E-state index in [1.165, 1.54) is 12.1 Å². The molecule has 0 aliphatic carbocycles. The number of aromatic nitrogens is 2. The minimum Gasteiger partial charge on any atom is -0.383 e. The van der Waals surface area contributed by atoms with E-state index >= 15 is 0 Å². The Morgan fingerprint density at radius 3 is 2.37 bits per heavy atom. The van der Waals surface area contributed by atoms with Gasteiger partial charge in [0, 0.05) is 17.8 Å². The molecule has 1 heterocycles. The van der Waals surface area contributed by atoms with E-state index in [9.17, 15) is 4.39 Å². The second-order valence-electron chi connectivity index (χ2n) is 4.33. The van der Waals surface area contributed by atoms with Crippen molar-refractivity contribution in [1.29, 1.82) is 0 Å². The average molecular weight is 260 g/mol. The smallest absolute Gasteiger partial charge is 0.141 e. The average Bonchev–Trinajstić information content (AvgIpc) is 2.38. The molecule has 0 radical (unpaired) electrons. The topological polar surface area (TPSA) is 55.0 Å². The molecule has 19 heavy (non-hydrogen) atoms. The number of hydrogen-bond acceptors (Lipinski definition) is 4. The lowest BCUT2D eigenvalue weighted by Gasteiger charge is -2.24. The van der Waals surface area contributed by atoms with Crippen LogP contribution in [0.1, 0.15) is 18.3 Å². The highest BCUT2D eigenvalue weighted by Gasteiger charge is 2.14. The van der Waals surface area contributed by atoms with Crippen LogP contribution in [0.4, 0.5) is 21.7 Å². The molecule has 0 bridgehead atoms. The molecule has 4 nitrogen and oxygen atoms in total. The zero-order valence-electron chi connectivity index (χ0n) is 11.3. The molecule has 0 amide bonds. The quantitative estimate of drug-likeness (QED) is 0.921. The van der Waals surface area contributed by atoms with Gasteiger partial charge in [0.15, 0.2) is 0 Å². The Bertz CT molecular complexity index is 581. The van der Waals surface area contributed by atoms with Gasteiger partial charge in [0.25, 0.3) is 0 Å². The maximum Gasteiger partial charge on any atom is 0.141 e. The van der Waals surface area contributed by atoms with E-state index in [0.29, 0.717) is 18.2 Å². The molecule has 0 spiro atoms. The third kappa shape index (κ3) is 2.65. The summed E-state index contributed by atoms with van der Waals surface area (Å²) in [6, 6.07) is 6.33. The summed E-state index contributed by atoms with van der Waals surface area (Å²) >= 11 is 0. The van der Waals surface area contributed by atoms with Crippen molar-refractivity contribution in [3.05, 3.63) is 41.5 Å². The summed E-state index contributed by atoms with van der Waals surface area (Å²) in [5, 5.41) is 0.